The monoisotopic (exact) mass is 507 g/mol. The maximum Gasteiger partial charge on any atom is 0.251 e. The number of piperidine rings is 1. The molecular formula is C20H38IN5O2. The lowest BCUT2D eigenvalue weighted by Crippen LogP contribution is -2.55. The first-order chi connectivity index (χ1) is 13.2. The number of carbonyl (C=O) groups excluding carboxylic acids is 1. The number of carbonyl (C=O) groups is 1. The molecular weight excluding hydrogens is 469 g/mol. The van der Waals surface area contributed by atoms with E-state index in [-0.39, 0.29) is 36.0 Å². The van der Waals surface area contributed by atoms with Crippen molar-refractivity contribution in [3.05, 3.63) is 0 Å². The van der Waals surface area contributed by atoms with E-state index < -0.39 is 0 Å². The molecule has 0 saturated carbocycles. The van der Waals surface area contributed by atoms with E-state index in [1.165, 1.54) is 25.9 Å². The van der Waals surface area contributed by atoms with Crippen LogP contribution < -0.4 is 5.32 Å². The maximum atomic E-state index is 12.5. The summed E-state index contributed by atoms with van der Waals surface area (Å²) in [4.78, 5) is 24.2. The predicted molar refractivity (Wildman–Crippen MR) is 123 cm³/mol. The van der Waals surface area contributed by atoms with E-state index in [9.17, 15) is 4.79 Å². The largest absolute Gasteiger partial charge is 0.368 e. The molecule has 162 valence electrons. The van der Waals surface area contributed by atoms with E-state index in [0.29, 0.717) is 0 Å². The number of ether oxygens (including phenoxy) is 1. The molecule has 0 aliphatic carbocycles. The van der Waals surface area contributed by atoms with Gasteiger partial charge >= 0.3 is 0 Å². The molecule has 3 aliphatic heterocycles. The third kappa shape index (κ3) is 6.73. The molecule has 7 nitrogen and oxygen atoms in total. The summed E-state index contributed by atoms with van der Waals surface area (Å²) < 4.78 is 5.55. The van der Waals surface area contributed by atoms with Crippen LogP contribution in [-0.2, 0) is 9.53 Å². The highest BCUT2D eigenvalue weighted by Gasteiger charge is 2.30. The van der Waals surface area contributed by atoms with Crippen LogP contribution in [0.5, 0.6) is 0 Å². The van der Waals surface area contributed by atoms with Crippen molar-refractivity contribution in [1.82, 2.24) is 20.0 Å². The molecule has 0 aromatic rings. The molecule has 2 unspecified atom stereocenters. The second-order valence-corrected chi connectivity index (χ2v) is 8.10. The molecule has 0 radical (unpaired) electrons. The van der Waals surface area contributed by atoms with Crippen LogP contribution in [0.3, 0.4) is 0 Å². The van der Waals surface area contributed by atoms with Crippen molar-refractivity contribution in [2.75, 3.05) is 65.5 Å². The molecule has 3 saturated heterocycles. The zero-order valence-corrected chi connectivity index (χ0v) is 19.9. The predicted octanol–water partition coefficient (Wildman–Crippen LogP) is 1.63. The van der Waals surface area contributed by atoms with Crippen molar-refractivity contribution in [2.24, 2.45) is 10.9 Å². The van der Waals surface area contributed by atoms with Gasteiger partial charge < -0.3 is 24.8 Å². The normalized spacial score (nSPS) is 26.9. The lowest BCUT2D eigenvalue weighted by atomic mass is 10.0. The Bertz CT molecular complexity index is 505. The molecule has 3 fully saturated rings. The van der Waals surface area contributed by atoms with Gasteiger partial charge in [-0.15, -0.1) is 24.0 Å². The van der Waals surface area contributed by atoms with E-state index in [4.69, 9.17) is 9.73 Å². The van der Waals surface area contributed by atoms with Crippen molar-refractivity contribution in [3.63, 3.8) is 0 Å². The molecule has 0 aromatic carbocycles. The first kappa shape index (κ1) is 23.7. The van der Waals surface area contributed by atoms with Gasteiger partial charge in [0.05, 0.1) is 6.54 Å². The van der Waals surface area contributed by atoms with E-state index in [1.807, 2.05) is 4.90 Å². The Hall–Kier alpha value is -0.610. The Morgan fingerprint density at radius 3 is 2.50 bits per heavy atom. The molecule has 3 rings (SSSR count). The third-order valence-electron chi connectivity index (χ3n) is 5.85. The van der Waals surface area contributed by atoms with E-state index in [1.54, 1.807) is 0 Å². The third-order valence-corrected chi connectivity index (χ3v) is 5.85. The minimum absolute atomic E-state index is 0. The fourth-order valence-electron chi connectivity index (χ4n) is 4.33. The van der Waals surface area contributed by atoms with Gasteiger partial charge in [0.25, 0.3) is 5.91 Å². The van der Waals surface area contributed by atoms with Crippen LogP contribution in [0.15, 0.2) is 4.99 Å². The average Bonchev–Trinajstić information content (AvgIpc) is 3.22. The Morgan fingerprint density at radius 1 is 1.11 bits per heavy atom. The highest BCUT2D eigenvalue weighted by Crippen LogP contribution is 2.16. The number of rotatable bonds is 5. The second kappa shape index (κ2) is 12.2. The van der Waals surface area contributed by atoms with Crippen molar-refractivity contribution in [3.8, 4) is 0 Å². The van der Waals surface area contributed by atoms with Crippen LogP contribution in [0.4, 0.5) is 0 Å². The van der Waals surface area contributed by atoms with Crippen molar-refractivity contribution in [2.45, 2.75) is 45.6 Å². The summed E-state index contributed by atoms with van der Waals surface area (Å²) in [6, 6.07) is 0. The summed E-state index contributed by atoms with van der Waals surface area (Å²) in [5, 5.41) is 3.43. The summed E-state index contributed by atoms with van der Waals surface area (Å²) in [7, 11) is 0. The fourth-order valence-corrected chi connectivity index (χ4v) is 4.33. The van der Waals surface area contributed by atoms with Crippen LogP contribution in [0, 0.1) is 5.92 Å². The van der Waals surface area contributed by atoms with E-state index in [0.717, 1.165) is 77.1 Å². The van der Waals surface area contributed by atoms with Crippen molar-refractivity contribution in [1.29, 1.82) is 0 Å². The number of hydrogen-bond acceptors (Lipinski definition) is 4. The summed E-state index contributed by atoms with van der Waals surface area (Å²) >= 11 is 0. The highest BCUT2D eigenvalue weighted by atomic mass is 127. The number of hydrogen-bond donors (Lipinski definition) is 1. The summed E-state index contributed by atoms with van der Waals surface area (Å²) in [5.74, 6) is 1.98. The Morgan fingerprint density at radius 2 is 1.86 bits per heavy atom. The highest BCUT2D eigenvalue weighted by molar-refractivity contribution is 14.0. The van der Waals surface area contributed by atoms with Crippen molar-refractivity contribution >= 4 is 35.8 Å². The molecule has 3 aliphatic rings. The van der Waals surface area contributed by atoms with Crippen molar-refractivity contribution < 1.29 is 9.53 Å². The van der Waals surface area contributed by atoms with Gasteiger partial charge in [-0.2, -0.15) is 0 Å². The molecule has 28 heavy (non-hydrogen) atoms. The number of halogens is 1. The average molecular weight is 507 g/mol. The van der Waals surface area contributed by atoms with Gasteiger partial charge in [-0.25, -0.2) is 0 Å². The van der Waals surface area contributed by atoms with Gasteiger partial charge in [0.1, 0.15) is 6.10 Å². The SMILES string of the molecule is CCNC(=NCCN1CCCC(C)C1)N1CCN(C(=O)C2CCCO2)CC1.I. The molecule has 8 heteroatoms. The number of nitrogens with zero attached hydrogens (tertiary/aromatic N) is 4. The minimum atomic E-state index is -0.203. The standard InChI is InChI=1S/C20H37N5O2.HI/c1-3-21-20(22-8-10-23-9-4-6-17(2)16-23)25-13-11-24(12-14-25)19(26)18-7-5-15-27-18;/h17-18H,3-16H2,1-2H3,(H,21,22);1H. The summed E-state index contributed by atoms with van der Waals surface area (Å²) in [5.41, 5.74) is 0. The molecule has 0 bridgehead atoms. The van der Waals surface area contributed by atoms with E-state index >= 15 is 0 Å². The van der Waals surface area contributed by atoms with Gasteiger partial charge in [-0.05, 0) is 45.1 Å². The summed E-state index contributed by atoms with van der Waals surface area (Å²) in [6.45, 7) is 13.5. The van der Waals surface area contributed by atoms with Crippen LogP contribution in [0.25, 0.3) is 0 Å². The first-order valence-corrected chi connectivity index (χ1v) is 10.8. The van der Waals surface area contributed by atoms with Gasteiger partial charge in [0.15, 0.2) is 5.96 Å². The first-order valence-electron chi connectivity index (χ1n) is 10.8. The number of guanidine groups is 1. The minimum Gasteiger partial charge on any atom is -0.368 e. The number of aliphatic imine (C=N–C) groups is 1. The zero-order valence-electron chi connectivity index (χ0n) is 17.6. The molecule has 2 atom stereocenters. The van der Waals surface area contributed by atoms with Crippen LogP contribution in [0.1, 0.15) is 39.5 Å². The van der Waals surface area contributed by atoms with E-state index in [2.05, 4.69) is 29.0 Å². The number of likely N-dealkylation sites (tertiary alicyclic amines) is 1. The van der Waals surface area contributed by atoms with Crippen LogP contribution in [-0.4, -0.2) is 98.2 Å². The Balaban J connectivity index is 0.00000280. The number of piperazine rings is 1. The quantitative estimate of drug-likeness (QED) is 0.348. The zero-order chi connectivity index (χ0) is 19.1. The number of nitrogens with one attached hydrogen (secondary N) is 1. The molecule has 0 aromatic heterocycles. The molecule has 1 N–H and O–H groups in total. The van der Waals surface area contributed by atoms with Crippen LogP contribution in [0.2, 0.25) is 0 Å². The Labute approximate surface area is 187 Å². The van der Waals surface area contributed by atoms with Gasteiger partial charge in [0, 0.05) is 52.4 Å². The maximum absolute atomic E-state index is 12.5. The summed E-state index contributed by atoms with van der Waals surface area (Å²) in [6.07, 6.45) is 4.34. The fraction of sp³-hybridized carbons (Fsp3) is 0.900. The molecule has 0 spiro atoms. The lowest BCUT2D eigenvalue weighted by molar-refractivity contribution is -0.142. The van der Waals surface area contributed by atoms with Gasteiger partial charge in [-0.1, -0.05) is 6.92 Å². The smallest absolute Gasteiger partial charge is 0.251 e. The molecule has 1 amide bonds. The Kier molecular flexibility index (Phi) is 10.3. The lowest BCUT2D eigenvalue weighted by Gasteiger charge is -2.37. The molecule has 3 heterocycles. The van der Waals surface area contributed by atoms with Crippen LogP contribution >= 0.6 is 24.0 Å². The van der Waals surface area contributed by atoms with Gasteiger partial charge in [0.2, 0.25) is 0 Å². The number of amides is 1. The second-order valence-electron chi connectivity index (χ2n) is 8.10. The topological polar surface area (TPSA) is 60.4 Å². The van der Waals surface area contributed by atoms with Gasteiger partial charge in [-0.3, -0.25) is 9.79 Å².